The van der Waals surface area contributed by atoms with Gasteiger partial charge in [0, 0.05) is 12.3 Å². The number of hydrogen-bond acceptors (Lipinski definition) is 9. The van der Waals surface area contributed by atoms with Gasteiger partial charge in [0.25, 0.3) is 5.91 Å². The molecular formula is C27H38N2O8. The first-order valence-electron chi connectivity index (χ1n) is 13.5. The molecule has 2 aliphatic carbocycles. The van der Waals surface area contributed by atoms with Crippen molar-refractivity contribution in [2.24, 2.45) is 5.92 Å². The van der Waals surface area contributed by atoms with Crippen molar-refractivity contribution in [2.75, 3.05) is 7.11 Å². The van der Waals surface area contributed by atoms with Crippen molar-refractivity contribution >= 4 is 17.8 Å². The number of cyclic esters (lactones) is 1. The molecule has 2 N–H and O–H groups in total. The van der Waals surface area contributed by atoms with Crippen LogP contribution in [0.4, 0.5) is 0 Å². The van der Waals surface area contributed by atoms with Crippen molar-refractivity contribution in [3.8, 4) is 11.5 Å². The molecule has 0 radical (unpaired) electrons. The zero-order valence-corrected chi connectivity index (χ0v) is 21.6. The molecule has 0 spiro atoms. The summed E-state index contributed by atoms with van der Waals surface area (Å²) >= 11 is 0. The van der Waals surface area contributed by atoms with Gasteiger partial charge in [0.2, 0.25) is 0 Å². The summed E-state index contributed by atoms with van der Waals surface area (Å²) in [5.74, 6) is -1.92. The number of esters is 2. The maximum absolute atomic E-state index is 13.1. The van der Waals surface area contributed by atoms with Crippen LogP contribution in [0.15, 0.2) is 12.3 Å². The van der Waals surface area contributed by atoms with E-state index < -0.39 is 42.0 Å². The van der Waals surface area contributed by atoms with E-state index in [1.165, 1.54) is 19.4 Å². The summed E-state index contributed by atoms with van der Waals surface area (Å²) in [5.41, 5.74) is -0.245. The van der Waals surface area contributed by atoms with Crippen molar-refractivity contribution in [3.05, 3.63) is 18.0 Å². The summed E-state index contributed by atoms with van der Waals surface area (Å²) in [6.45, 7) is 1.74. The van der Waals surface area contributed by atoms with Gasteiger partial charge in [-0.05, 0) is 51.9 Å². The lowest BCUT2D eigenvalue weighted by molar-refractivity contribution is -0.184. The molecule has 1 saturated heterocycles. The summed E-state index contributed by atoms with van der Waals surface area (Å²) in [6.07, 6.45) is 8.55. The van der Waals surface area contributed by atoms with Crippen LogP contribution in [0.3, 0.4) is 0 Å². The normalized spacial score (nSPS) is 27.6. The van der Waals surface area contributed by atoms with Gasteiger partial charge in [0.1, 0.15) is 24.4 Å². The third-order valence-corrected chi connectivity index (χ3v) is 7.63. The highest BCUT2D eigenvalue weighted by Crippen LogP contribution is 2.32. The first-order valence-corrected chi connectivity index (χ1v) is 13.5. The monoisotopic (exact) mass is 518 g/mol. The molecule has 10 heteroatoms. The van der Waals surface area contributed by atoms with Crippen LogP contribution in [0.5, 0.6) is 11.5 Å². The standard InChI is InChI=1S/C27H38N2O8/c1-16-24(36-18-10-5-6-11-18)21(37-26(32)17-8-3-4-9-17)13-7-12-19(27(33)35-16)29-25(31)22-23(30)20(34-2)14-15-28-22/h14-19,21,24,30H,3-13H2,1-2H3,(H,29,31). The molecule has 2 heterocycles. The topological polar surface area (TPSA) is 133 Å². The van der Waals surface area contributed by atoms with Gasteiger partial charge in [-0.1, -0.05) is 25.7 Å². The molecule has 10 nitrogen and oxygen atoms in total. The van der Waals surface area contributed by atoms with E-state index in [1.54, 1.807) is 6.92 Å². The second kappa shape index (κ2) is 12.6. The smallest absolute Gasteiger partial charge is 0.329 e. The number of rotatable bonds is 7. The van der Waals surface area contributed by atoms with Crippen LogP contribution < -0.4 is 10.1 Å². The molecule has 3 aliphatic rings. The van der Waals surface area contributed by atoms with E-state index in [0.29, 0.717) is 12.8 Å². The largest absolute Gasteiger partial charge is 0.503 e. The van der Waals surface area contributed by atoms with E-state index in [2.05, 4.69) is 10.3 Å². The molecule has 1 aromatic rings. The van der Waals surface area contributed by atoms with E-state index in [9.17, 15) is 19.5 Å². The van der Waals surface area contributed by atoms with E-state index in [-0.39, 0.29) is 35.9 Å². The van der Waals surface area contributed by atoms with Crippen LogP contribution >= 0.6 is 0 Å². The highest BCUT2D eigenvalue weighted by Gasteiger charge is 2.40. The fraction of sp³-hybridized carbons (Fsp3) is 0.704. The number of aromatic nitrogens is 1. The molecule has 4 rings (SSSR count). The Morgan fingerprint density at radius 1 is 1.05 bits per heavy atom. The lowest BCUT2D eigenvalue weighted by Crippen LogP contribution is -2.47. The van der Waals surface area contributed by atoms with Crippen LogP contribution in [-0.2, 0) is 23.8 Å². The van der Waals surface area contributed by atoms with Gasteiger partial charge < -0.3 is 29.4 Å². The van der Waals surface area contributed by atoms with Crippen LogP contribution in [0.25, 0.3) is 0 Å². The number of methoxy groups -OCH3 is 1. The van der Waals surface area contributed by atoms with Gasteiger partial charge in [-0.2, -0.15) is 0 Å². The average molecular weight is 519 g/mol. The zero-order chi connectivity index (χ0) is 26.4. The van der Waals surface area contributed by atoms with E-state index >= 15 is 0 Å². The number of nitrogens with zero attached hydrogens (tertiary/aromatic N) is 1. The molecule has 1 amide bonds. The molecule has 4 atom stereocenters. The Hall–Kier alpha value is -2.88. The number of ether oxygens (including phenoxy) is 4. The van der Waals surface area contributed by atoms with Crippen molar-refractivity contribution in [3.63, 3.8) is 0 Å². The summed E-state index contributed by atoms with van der Waals surface area (Å²) in [6, 6.07) is 0.471. The minimum atomic E-state index is -0.959. The first kappa shape index (κ1) is 27.2. The lowest BCUT2D eigenvalue weighted by atomic mass is 10.0. The Morgan fingerprint density at radius 2 is 1.76 bits per heavy atom. The Morgan fingerprint density at radius 3 is 2.46 bits per heavy atom. The molecule has 4 unspecified atom stereocenters. The Bertz CT molecular complexity index is 958. The minimum Gasteiger partial charge on any atom is -0.503 e. The van der Waals surface area contributed by atoms with Crippen LogP contribution in [0, 0.1) is 5.92 Å². The fourth-order valence-electron chi connectivity index (χ4n) is 5.54. The Balaban J connectivity index is 1.49. The zero-order valence-electron chi connectivity index (χ0n) is 21.6. The fourth-order valence-corrected chi connectivity index (χ4v) is 5.54. The molecule has 0 aromatic carbocycles. The minimum absolute atomic E-state index is 0.0391. The molecule has 1 aromatic heterocycles. The Labute approximate surface area is 217 Å². The molecule has 3 fully saturated rings. The third kappa shape index (κ3) is 6.71. The van der Waals surface area contributed by atoms with E-state index in [0.717, 1.165) is 51.4 Å². The van der Waals surface area contributed by atoms with Crippen molar-refractivity contribution < 1.29 is 38.4 Å². The summed E-state index contributed by atoms with van der Waals surface area (Å²) in [4.78, 5) is 42.8. The van der Waals surface area contributed by atoms with Crippen LogP contribution in [0.2, 0.25) is 0 Å². The molecule has 2 saturated carbocycles. The number of hydrogen-bond donors (Lipinski definition) is 2. The van der Waals surface area contributed by atoms with E-state index in [4.69, 9.17) is 18.9 Å². The summed E-state index contributed by atoms with van der Waals surface area (Å²) in [5, 5.41) is 12.9. The first-order chi connectivity index (χ1) is 17.9. The van der Waals surface area contributed by atoms with Gasteiger partial charge in [-0.15, -0.1) is 0 Å². The molecule has 37 heavy (non-hydrogen) atoms. The number of carbonyl (C=O) groups is 3. The highest BCUT2D eigenvalue weighted by molar-refractivity contribution is 5.97. The van der Waals surface area contributed by atoms with Gasteiger partial charge >= 0.3 is 11.9 Å². The second-order valence-corrected chi connectivity index (χ2v) is 10.3. The highest BCUT2D eigenvalue weighted by atomic mass is 16.6. The van der Waals surface area contributed by atoms with Crippen molar-refractivity contribution in [2.45, 2.75) is 108 Å². The molecule has 204 valence electrons. The molecule has 1 aliphatic heterocycles. The van der Waals surface area contributed by atoms with Gasteiger partial charge in [0.15, 0.2) is 17.2 Å². The van der Waals surface area contributed by atoms with Gasteiger partial charge in [-0.3, -0.25) is 9.59 Å². The third-order valence-electron chi connectivity index (χ3n) is 7.63. The number of amides is 1. The number of nitrogens with one attached hydrogen (secondary N) is 1. The predicted molar refractivity (Wildman–Crippen MR) is 132 cm³/mol. The lowest BCUT2D eigenvalue weighted by Gasteiger charge is -2.33. The maximum atomic E-state index is 13.1. The average Bonchev–Trinajstić information content (AvgIpc) is 3.60. The molecular weight excluding hydrogens is 480 g/mol. The number of carbonyl (C=O) groups excluding carboxylic acids is 3. The SMILES string of the molecule is COc1ccnc(C(=O)NC2CCCC(OC(=O)C3CCCC3)C(OC3CCCC3)C(C)OC2=O)c1O. The second-order valence-electron chi connectivity index (χ2n) is 10.3. The van der Waals surface area contributed by atoms with Crippen LogP contribution in [-0.4, -0.2) is 65.5 Å². The maximum Gasteiger partial charge on any atom is 0.329 e. The number of aromatic hydroxyl groups is 1. The van der Waals surface area contributed by atoms with Crippen molar-refractivity contribution in [1.29, 1.82) is 0 Å². The number of pyridine rings is 1. The van der Waals surface area contributed by atoms with Gasteiger partial charge in [-0.25, -0.2) is 9.78 Å². The van der Waals surface area contributed by atoms with E-state index in [1.807, 2.05) is 0 Å². The summed E-state index contributed by atoms with van der Waals surface area (Å²) in [7, 11) is 1.37. The molecule has 0 bridgehead atoms. The van der Waals surface area contributed by atoms with Crippen LogP contribution in [0.1, 0.15) is 88.0 Å². The summed E-state index contributed by atoms with van der Waals surface area (Å²) < 4.78 is 23.3. The Kier molecular flexibility index (Phi) is 9.23. The van der Waals surface area contributed by atoms with Gasteiger partial charge in [0.05, 0.1) is 19.1 Å². The predicted octanol–water partition coefficient (Wildman–Crippen LogP) is 3.44. The quantitative estimate of drug-likeness (QED) is 0.521. The van der Waals surface area contributed by atoms with Crippen molar-refractivity contribution in [1.82, 2.24) is 10.3 Å².